The summed E-state index contributed by atoms with van der Waals surface area (Å²) in [4.78, 5) is 12.4. The molecule has 2 aromatic rings. The van der Waals surface area contributed by atoms with Crippen LogP contribution in [0, 0.1) is 11.8 Å². The van der Waals surface area contributed by atoms with Crippen molar-refractivity contribution < 1.29 is 0 Å². The lowest BCUT2D eigenvalue weighted by Gasteiger charge is -2.03. The van der Waals surface area contributed by atoms with Crippen LogP contribution < -0.4 is 5.73 Å². The molecule has 3 rings (SSSR count). The third-order valence-electron chi connectivity index (χ3n) is 3.87. The molecular weight excluding hydrogens is 262 g/mol. The van der Waals surface area contributed by atoms with Crippen LogP contribution in [-0.2, 0) is 6.54 Å². The molecule has 1 aliphatic carbocycles. The van der Waals surface area contributed by atoms with Gasteiger partial charge in [0.2, 0.25) is 5.95 Å². The van der Waals surface area contributed by atoms with Crippen LogP contribution in [0.4, 0.5) is 5.95 Å². The number of fused-ring (bicyclic) bond motifs is 1. The SMILES string of the molecule is CCCCC1CC1Cn1cnc2c(Cl)nc(N)nc21. The number of nitrogens with two attached hydrogens (primary N) is 1. The van der Waals surface area contributed by atoms with Crippen LogP contribution in [0.5, 0.6) is 0 Å². The fourth-order valence-electron chi connectivity index (χ4n) is 2.67. The monoisotopic (exact) mass is 279 g/mol. The van der Waals surface area contributed by atoms with Crippen LogP contribution in [0.1, 0.15) is 32.6 Å². The molecule has 1 saturated carbocycles. The first-order valence-corrected chi connectivity index (χ1v) is 7.20. The Labute approximate surface area is 117 Å². The Bertz CT molecular complexity index is 594. The Morgan fingerprint density at radius 1 is 1.42 bits per heavy atom. The van der Waals surface area contributed by atoms with Gasteiger partial charge in [-0.15, -0.1) is 0 Å². The molecule has 0 aromatic carbocycles. The van der Waals surface area contributed by atoms with Gasteiger partial charge < -0.3 is 10.3 Å². The van der Waals surface area contributed by atoms with E-state index < -0.39 is 0 Å². The summed E-state index contributed by atoms with van der Waals surface area (Å²) in [6, 6.07) is 0. The maximum absolute atomic E-state index is 6.02. The third kappa shape index (κ3) is 2.52. The summed E-state index contributed by atoms with van der Waals surface area (Å²) >= 11 is 6.02. The van der Waals surface area contributed by atoms with Crippen molar-refractivity contribution in [3.8, 4) is 0 Å². The molecular formula is C13H18ClN5. The molecule has 5 nitrogen and oxygen atoms in total. The number of rotatable bonds is 5. The maximum atomic E-state index is 6.02. The second kappa shape index (κ2) is 4.96. The number of halogens is 1. The van der Waals surface area contributed by atoms with Crippen molar-refractivity contribution in [2.75, 3.05) is 5.73 Å². The zero-order valence-corrected chi connectivity index (χ0v) is 11.8. The van der Waals surface area contributed by atoms with Gasteiger partial charge in [0.05, 0.1) is 6.33 Å². The van der Waals surface area contributed by atoms with Crippen molar-refractivity contribution in [2.45, 2.75) is 39.2 Å². The van der Waals surface area contributed by atoms with E-state index >= 15 is 0 Å². The minimum Gasteiger partial charge on any atom is -0.368 e. The molecule has 1 fully saturated rings. The normalized spacial score (nSPS) is 22.0. The van der Waals surface area contributed by atoms with Crippen LogP contribution >= 0.6 is 11.6 Å². The number of hydrogen-bond donors (Lipinski definition) is 1. The number of anilines is 1. The molecule has 0 bridgehead atoms. The minimum atomic E-state index is 0.206. The van der Waals surface area contributed by atoms with Crippen molar-refractivity contribution in [1.82, 2.24) is 19.5 Å². The second-order valence-electron chi connectivity index (χ2n) is 5.34. The largest absolute Gasteiger partial charge is 0.368 e. The zero-order chi connectivity index (χ0) is 13.4. The van der Waals surface area contributed by atoms with E-state index in [2.05, 4.69) is 26.4 Å². The van der Waals surface area contributed by atoms with Gasteiger partial charge in [0, 0.05) is 6.54 Å². The highest BCUT2D eigenvalue weighted by molar-refractivity contribution is 6.33. The van der Waals surface area contributed by atoms with E-state index in [1.165, 1.54) is 25.7 Å². The average Bonchev–Trinajstić information content (AvgIpc) is 2.98. The highest BCUT2D eigenvalue weighted by Crippen LogP contribution is 2.43. The first-order chi connectivity index (χ1) is 9.19. The first kappa shape index (κ1) is 12.7. The molecule has 0 aliphatic heterocycles. The molecule has 0 spiro atoms. The highest BCUT2D eigenvalue weighted by atomic mass is 35.5. The lowest BCUT2D eigenvalue weighted by Crippen LogP contribution is -2.03. The van der Waals surface area contributed by atoms with Crippen LogP contribution in [0.2, 0.25) is 5.15 Å². The van der Waals surface area contributed by atoms with E-state index in [0.29, 0.717) is 10.7 Å². The topological polar surface area (TPSA) is 69.6 Å². The quantitative estimate of drug-likeness (QED) is 0.855. The van der Waals surface area contributed by atoms with Gasteiger partial charge >= 0.3 is 0 Å². The Morgan fingerprint density at radius 3 is 3.05 bits per heavy atom. The van der Waals surface area contributed by atoms with Gasteiger partial charge in [-0.25, -0.2) is 4.98 Å². The fraction of sp³-hybridized carbons (Fsp3) is 0.615. The molecule has 1 aliphatic rings. The van der Waals surface area contributed by atoms with E-state index in [-0.39, 0.29) is 5.95 Å². The van der Waals surface area contributed by atoms with Crippen molar-refractivity contribution in [3.05, 3.63) is 11.5 Å². The fourth-order valence-corrected chi connectivity index (χ4v) is 2.89. The van der Waals surface area contributed by atoms with Gasteiger partial charge in [0.1, 0.15) is 5.52 Å². The van der Waals surface area contributed by atoms with E-state index in [0.717, 1.165) is 24.0 Å². The third-order valence-corrected chi connectivity index (χ3v) is 4.13. The van der Waals surface area contributed by atoms with Crippen molar-refractivity contribution in [2.24, 2.45) is 11.8 Å². The summed E-state index contributed by atoms with van der Waals surface area (Å²) in [5.41, 5.74) is 7.03. The Morgan fingerprint density at radius 2 is 2.26 bits per heavy atom. The number of nitrogens with zero attached hydrogens (tertiary/aromatic N) is 4. The number of aromatic nitrogens is 4. The van der Waals surface area contributed by atoms with Crippen molar-refractivity contribution in [3.63, 3.8) is 0 Å². The smallest absolute Gasteiger partial charge is 0.223 e. The molecule has 2 atom stereocenters. The molecule has 2 aromatic heterocycles. The number of hydrogen-bond acceptors (Lipinski definition) is 4. The first-order valence-electron chi connectivity index (χ1n) is 6.83. The molecule has 0 saturated heterocycles. The molecule has 2 unspecified atom stereocenters. The average molecular weight is 280 g/mol. The highest BCUT2D eigenvalue weighted by Gasteiger charge is 2.36. The van der Waals surface area contributed by atoms with Gasteiger partial charge in [-0.1, -0.05) is 37.8 Å². The lowest BCUT2D eigenvalue weighted by molar-refractivity contribution is 0.547. The number of unbranched alkanes of at least 4 members (excludes halogenated alkanes) is 1. The predicted octanol–water partition coefficient (Wildman–Crippen LogP) is 2.89. The van der Waals surface area contributed by atoms with Gasteiger partial charge in [-0.05, 0) is 18.3 Å². The molecule has 0 amide bonds. The maximum Gasteiger partial charge on any atom is 0.223 e. The molecule has 102 valence electrons. The summed E-state index contributed by atoms with van der Waals surface area (Å²) in [5, 5.41) is 0.333. The molecule has 2 heterocycles. The predicted molar refractivity (Wildman–Crippen MR) is 75.9 cm³/mol. The number of nitrogen functional groups attached to an aromatic ring is 1. The Balaban J connectivity index is 1.76. The standard InChI is InChI=1S/C13H18ClN5/c1-2-3-4-8-5-9(8)6-19-7-16-10-11(14)17-13(15)18-12(10)19/h7-9H,2-6H2,1H3,(H2,15,17,18). The van der Waals surface area contributed by atoms with E-state index in [1.54, 1.807) is 6.33 Å². The summed E-state index contributed by atoms with van der Waals surface area (Å²) in [5.74, 6) is 1.82. The molecule has 2 N–H and O–H groups in total. The van der Waals surface area contributed by atoms with Gasteiger partial charge in [0.25, 0.3) is 0 Å². The summed E-state index contributed by atoms with van der Waals surface area (Å²) in [6.45, 7) is 3.19. The summed E-state index contributed by atoms with van der Waals surface area (Å²) in [7, 11) is 0. The summed E-state index contributed by atoms with van der Waals surface area (Å²) in [6.07, 6.45) is 7.04. The van der Waals surface area contributed by atoms with Crippen molar-refractivity contribution >= 4 is 28.7 Å². The Hall–Kier alpha value is -1.36. The lowest BCUT2D eigenvalue weighted by atomic mass is 10.1. The second-order valence-corrected chi connectivity index (χ2v) is 5.70. The number of imidazole rings is 1. The Kier molecular flexibility index (Phi) is 3.31. The van der Waals surface area contributed by atoms with Crippen molar-refractivity contribution in [1.29, 1.82) is 0 Å². The summed E-state index contributed by atoms with van der Waals surface area (Å²) < 4.78 is 2.05. The molecule has 19 heavy (non-hydrogen) atoms. The van der Waals surface area contributed by atoms with Crippen LogP contribution in [0.25, 0.3) is 11.2 Å². The van der Waals surface area contributed by atoms with Gasteiger partial charge in [-0.2, -0.15) is 9.97 Å². The van der Waals surface area contributed by atoms with E-state index in [9.17, 15) is 0 Å². The van der Waals surface area contributed by atoms with Gasteiger partial charge in [-0.3, -0.25) is 0 Å². The molecule has 0 radical (unpaired) electrons. The minimum absolute atomic E-state index is 0.206. The molecule has 6 heteroatoms. The van der Waals surface area contributed by atoms with Crippen LogP contribution in [0.3, 0.4) is 0 Å². The van der Waals surface area contributed by atoms with Gasteiger partial charge in [0.15, 0.2) is 10.8 Å². The van der Waals surface area contributed by atoms with E-state index in [4.69, 9.17) is 17.3 Å². The van der Waals surface area contributed by atoms with E-state index in [1.807, 2.05) is 0 Å². The van der Waals surface area contributed by atoms with Crippen LogP contribution in [-0.4, -0.2) is 19.5 Å². The zero-order valence-electron chi connectivity index (χ0n) is 11.0. The van der Waals surface area contributed by atoms with Crippen LogP contribution in [0.15, 0.2) is 6.33 Å².